The molecule has 0 aliphatic rings. The van der Waals surface area contributed by atoms with Crippen LogP contribution in [0.5, 0.6) is 0 Å². The molecule has 0 radical (unpaired) electrons. The van der Waals surface area contributed by atoms with E-state index in [9.17, 15) is 4.79 Å². The van der Waals surface area contributed by atoms with Crippen molar-refractivity contribution in [3.63, 3.8) is 0 Å². The third-order valence-electron chi connectivity index (χ3n) is 1.28. The van der Waals surface area contributed by atoms with E-state index in [-0.39, 0.29) is 0 Å². The zero-order valence-corrected chi connectivity index (χ0v) is 8.22. The van der Waals surface area contributed by atoms with E-state index in [4.69, 9.17) is 23.8 Å². The number of nitrogens with zero attached hydrogens (tertiary/aromatic N) is 1. The molecule has 0 spiro atoms. The fourth-order valence-corrected chi connectivity index (χ4v) is 2.46. The van der Waals surface area contributed by atoms with Gasteiger partial charge in [-0.15, -0.1) is 11.3 Å². The largest absolute Gasteiger partial charge is 0.314 e. The summed E-state index contributed by atoms with van der Waals surface area (Å²) in [5.74, 6) is 0. The van der Waals surface area contributed by atoms with Crippen molar-refractivity contribution in [3.8, 4) is 0 Å². The molecule has 0 saturated carbocycles. The average molecular weight is 208 g/mol. The zero-order valence-electron chi connectivity index (χ0n) is 5.83. The van der Waals surface area contributed by atoms with Crippen molar-refractivity contribution < 1.29 is 4.79 Å². The van der Waals surface area contributed by atoms with Gasteiger partial charge >= 0.3 is 0 Å². The summed E-state index contributed by atoms with van der Waals surface area (Å²) >= 11 is 12.0. The molecule has 5 heteroatoms. The molecule has 2 nitrogen and oxygen atoms in total. The number of rotatable bonds is 2. The maximum Gasteiger partial charge on any atom is 0.163 e. The van der Waals surface area contributed by atoms with Crippen LogP contribution in [0.25, 0.3) is 0 Å². The van der Waals surface area contributed by atoms with Gasteiger partial charge in [0.25, 0.3) is 0 Å². The first-order valence-electron chi connectivity index (χ1n) is 3.05. The molecule has 0 aliphatic carbocycles. The Hall–Kier alpha value is -0.190. The molecule has 0 aliphatic heterocycles. The van der Waals surface area contributed by atoms with Crippen LogP contribution >= 0.6 is 35.2 Å². The number of hydrogen-bond donors (Lipinski definition) is 0. The summed E-state index contributed by atoms with van der Waals surface area (Å²) in [5, 5.41) is 0.456. The lowest BCUT2D eigenvalue weighted by molar-refractivity contribution is 0.112. The Bertz CT molecular complexity index is 328. The number of aldehydes is 1. The SMILES string of the molecule is CCn1c(Cl)c(C=O)sc1=S. The molecule has 60 valence electrons. The Labute approximate surface area is 78.4 Å². The van der Waals surface area contributed by atoms with E-state index >= 15 is 0 Å². The first-order valence-corrected chi connectivity index (χ1v) is 4.65. The number of hydrogen-bond acceptors (Lipinski definition) is 3. The van der Waals surface area contributed by atoms with Crippen molar-refractivity contribution >= 4 is 41.4 Å². The van der Waals surface area contributed by atoms with Crippen molar-refractivity contribution in [1.29, 1.82) is 0 Å². The molecule has 0 atom stereocenters. The summed E-state index contributed by atoms with van der Waals surface area (Å²) in [6.45, 7) is 2.64. The summed E-state index contributed by atoms with van der Waals surface area (Å²) in [6, 6.07) is 0. The second-order valence-electron chi connectivity index (χ2n) is 1.89. The molecule has 1 rings (SSSR count). The number of carbonyl (C=O) groups excluding carboxylic acids is 1. The Morgan fingerprint density at radius 1 is 1.82 bits per heavy atom. The van der Waals surface area contributed by atoms with Gasteiger partial charge in [0.2, 0.25) is 0 Å². The van der Waals surface area contributed by atoms with Crippen molar-refractivity contribution in [2.24, 2.45) is 0 Å². The van der Waals surface area contributed by atoms with E-state index in [1.54, 1.807) is 4.57 Å². The van der Waals surface area contributed by atoms with Crippen LogP contribution in [0.4, 0.5) is 0 Å². The predicted molar refractivity (Wildman–Crippen MR) is 49.2 cm³/mol. The monoisotopic (exact) mass is 207 g/mol. The molecule has 0 unspecified atom stereocenters. The van der Waals surface area contributed by atoms with Gasteiger partial charge in [-0.3, -0.25) is 4.79 Å². The average Bonchev–Trinajstić information content (AvgIpc) is 2.26. The summed E-state index contributed by atoms with van der Waals surface area (Å²) in [4.78, 5) is 10.9. The fourth-order valence-electron chi connectivity index (χ4n) is 0.745. The smallest absolute Gasteiger partial charge is 0.163 e. The summed E-state index contributed by atoms with van der Waals surface area (Å²) < 4.78 is 2.38. The van der Waals surface area contributed by atoms with Gasteiger partial charge in [0.15, 0.2) is 10.2 Å². The van der Waals surface area contributed by atoms with Crippen molar-refractivity contribution in [1.82, 2.24) is 4.57 Å². The highest BCUT2D eigenvalue weighted by molar-refractivity contribution is 7.73. The molecule has 0 fully saturated rings. The molecule has 0 N–H and O–H groups in total. The van der Waals surface area contributed by atoms with E-state index in [2.05, 4.69) is 0 Å². The number of carbonyl (C=O) groups is 1. The van der Waals surface area contributed by atoms with Gasteiger partial charge in [0.1, 0.15) is 10.0 Å². The number of thiazole rings is 1. The molecule has 1 aromatic heterocycles. The van der Waals surface area contributed by atoms with Crippen LogP contribution in [0.1, 0.15) is 16.6 Å². The van der Waals surface area contributed by atoms with Gasteiger partial charge in [-0.05, 0) is 19.1 Å². The van der Waals surface area contributed by atoms with Crippen molar-refractivity contribution in [2.45, 2.75) is 13.5 Å². The van der Waals surface area contributed by atoms with Crippen LogP contribution in [-0.4, -0.2) is 10.9 Å². The van der Waals surface area contributed by atoms with E-state index in [0.717, 1.165) is 6.29 Å². The van der Waals surface area contributed by atoms with Gasteiger partial charge in [0.05, 0.1) is 0 Å². The first kappa shape index (κ1) is 8.90. The topological polar surface area (TPSA) is 22.0 Å². The fraction of sp³-hybridized carbons (Fsp3) is 0.333. The molecule has 1 heterocycles. The normalized spacial score (nSPS) is 10.0. The number of halogens is 1. The Morgan fingerprint density at radius 3 is 2.73 bits per heavy atom. The van der Waals surface area contributed by atoms with Crippen molar-refractivity contribution in [2.75, 3.05) is 0 Å². The highest BCUT2D eigenvalue weighted by Crippen LogP contribution is 2.22. The lowest BCUT2D eigenvalue weighted by Gasteiger charge is -1.96. The molecule has 11 heavy (non-hydrogen) atoms. The maximum atomic E-state index is 10.4. The third kappa shape index (κ3) is 1.52. The van der Waals surface area contributed by atoms with Gasteiger partial charge in [-0.2, -0.15) is 0 Å². The lowest BCUT2D eigenvalue weighted by Crippen LogP contribution is -1.93. The van der Waals surface area contributed by atoms with Crippen LogP contribution in [-0.2, 0) is 6.54 Å². The second-order valence-corrected chi connectivity index (χ2v) is 3.92. The van der Waals surface area contributed by atoms with Crippen LogP contribution in [0, 0.1) is 3.95 Å². The van der Waals surface area contributed by atoms with Crippen LogP contribution < -0.4 is 0 Å². The quantitative estimate of drug-likeness (QED) is 0.550. The van der Waals surface area contributed by atoms with Crippen molar-refractivity contribution in [3.05, 3.63) is 14.0 Å². The summed E-state index contributed by atoms with van der Waals surface area (Å²) in [7, 11) is 0. The Kier molecular flexibility index (Phi) is 2.81. The van der Waals surface area contributed by atoms with Crippen LogP contribution in [0.2, 0.25) is 5.15 Å². The van der Waals surface area contributed by atoms with Crippen LogP contribution in [0.3, 0.4) is 0 Å². The molecular weight excluding hydrogens is 202 g/mol. The second kappa shape index (κ2) is 3.47. The third-order valence-corrected chi connectivity index (χ3v) is 3.18. The predicted octanol–water partition coefficient (Wildman–Crippen LogP) is 2.76. The molecular formula is C6H6ClNOS2. The number of aromatic nitrogens is 1. The highest BCUT2D eigenvalue weighted by atomic mass is 35.5. The van der Waals surface area contributed by atoms with Gasteiger partial charge in [0, 0.05) is 6.54 Å². The minimum absolute atomic E-state index is 0.456. The Morgan fingerprint density at radius 2 is 2.45 bits per heavy atom. The van der Waals surface area contributed by atoms with Crippen LogP contribution in [0.15, 0.2) is 0 Å². The standard InChI is InChI=1S/C6H6ClNOS2/c1-2-8-5(7)4(3-9)11-6(8)10/h3H,2H2,1H3. The van der Waals surface area contributed by atoms with E-state index in [0.29, 0.717) is 20.5 Å². The molecule has 0 amide bonds. The summed E-state index contributed by atoms with van der Waals surface area (Å²) in [6.07, 6.45) is 0.731. The molecule has 0 aromatic carbocycles. The van der Waals surface area contributed by atoms with Gasteiger partial charge < -0.3 is 4.57 Å². The van der Waals surface area contributed by atoms with E-state index < -0.39 is 0 Å². The summed E-state index contributed by atoms with van der Waals surface area (Å²) in [5.41, 5.74) is 0. The minimum Gasteiger partial charge on any atom is -0.314 e. The first-order chi connectivity index (χ1) is 5.20. The van der Waals surface area contributed by atoms with Gasteiger partial charge in [-0.1, -0.05) is 11.6 Å². The lowest BCUT2D eigenvalue weighted by atomic mass is 10.6. The molecule has 0 saturated heterocycles. The Balaban J connectivity index is 3.36. The minimum atomic E-state index is 0.456. The molecule has 0 bridgehead atoms. The zero-order chi connectivity index (χ0) is 8.43. The highest BCUT2D eigenvalue weighted by Gasteiger charge is 2.07. The van der Waals surface area contributed by atoms with E-state index in [1.807, 2.05) is 6.92 Å². The van der Waals surface area contributed by atoms with E-state index in [1.165, 1.54) is 11.3 Å². The van der Waals surface area contributed by atoms with Gasteiger partial charge in [-0.25, -0.2) is 0 Å². The maximum absolute atomic E-state index is 10.4. The molecule has 1 aromatic rings.